The quantitative estimate of drug-likeness (QED) is 0.876. The molecule has 0 bridgehead atoms. The summed E-state index contributed by atoms with van der Waals surface area (Å²) >= 11 is 1.64. The summed E-state index contributed by atoms with van der Waals surface area (Å²) < 4.78 is 2.11. The number of amides is 1. The smallest absolute Gasteiger partial charge is 0.273 e. The highest BCUT2D eigenvalue weighted by atomic mass is 32.1. The molecule has 1 unspecified atom stereocenters. The lowest BCUT2D eigenvalue weighted by Gasteiger charge is -2.32. The van der Waals surface area contributed by atoms with Crippen molar-refractivity contribution in [2.45, 2.75) is 37.6 Å². The summed E-state index contributed by atoms with van der Waals surface area (Å²) in [4.78, 5) is 23.2. The second kappa shape index (κ2) is 5.26. The average molecular weight is 302 g/mol. The Morgan fingerprint density at radius 2 is 2.24 bits per heavy atom. The zero-order valence-electron chi connectivity index (χ0n) is 11.8. The van der Waals surface area contributed by atoms with Crippen LogP contribution in [0.3, 0.4) is 0 Å². The van der Waals surface area contributed by atoms with Gasteiger partial charge in [0, 0.05) is 36.8 Å². The largest absolute Gasteiger partial charge is 0.335 e. The molecule has 0 N–H and O–H groups in total. The number of rotatable bonds is 3. The van der Waals surface area contributed by atoms with Crippen LogP contribution in [0.25, 0.3) is 0 Å². The Morgan fingerprint density at radius 3 is 3.00 bits per heavy atom. The van der Waals surface area contributed by atoms with E-state index in [1.165, 1.54) is 12.8 Å². The van der Waals surface area contributed by atoms with Crippen LogP contribution in [0.2, 0.25) is 0 Å². The van der Waals surface area contributed by atoms with Gasteiger partial charge < -0.3 is 9.47 Å². The number of carbonyl (C=O) groups is 1. The zero-order valence-corrected chi connectivity index (χ0v) is 12.6. The average Bonchev–Trinajstić information content (AvgIpc) is 3.05. The summed E-state index contributed by atoms with van der Waals surface area (Å²) in [5.74, 6) is 0.708. The predicted molar refractivity (Wildman–Crippen MR) is 80.5 cm³/mol. The number of carbonyl (C=O) groups excluding carboxylic acids is 1. The van der Waals surface area contributed by atoms with Gasteiger partial charge in [-0.1, -0.05) is 0 Å². The maximum absolute atomic E-state index is 12.6. The molecule has 0 aromatic carbocycles. The molecule has 1 aliphatic carbocycles. The van der Waals surface area contributed by atoms with Crippen molar-refractivity contribution < 1.29 is 4.79 Å². The molecule has 2 aromatic rings. The lowest BCUT2D eigenvalue weighted by atomic mass is 10.1. The van der Waals surface area contributed by atoms with Gasteiger partial charge in [-0.25, -0.2) is 9.97 Å². The Morgan fingerprint density at radius 1 is 1.33 bits per heavy atom. The minimum Gasteiger partial charge on any atom is -0.335 e. The van der Waals surface area contributed by atoms with Gasteiger partial charge in [-0.2, -0.15) is 0 Å². The van der Waals surface area contributed by atoms with Crippen molar-refractivity contribution >= 4 is 17.2 Å². The molecule has 2 fully saturated rings. The van der Waals surface area contributed by atoms with E-state index in [0.29, 0.717) is 17.7 Å². The summed E-state index contributed by atoms with van der Waals surface area (Å²) in [7, 11) is 0. The van der Waals surface area contributed by atoms with Gasteiger partial charge in [0.1, 0.15) is 5.69 Å². The zero-order chi connectivity index (χ0) is 14.2. The van der Waals surface area contributed by atoms with Crippen LogP contribution in [0, 0.1) is 0 Å². The van der Waals surface area contributed by atoms with Crippen molar-refractivity contribution in [3.8, 4) is 0 Å². The van der Waals surface area contributed by atoms with Crippen LogP contribution < -0.4 is 0 Å². The highest BCUT2D eigenvalue weighted by Crippen LogP contribution is 2.41. The van der Waals surface area contributed by atoms with Gasteiger partial charge in [-0.3, -0.25) is 4.79 Å². The molecule has 0 spiro atoms. The normalized spacial score (nSPS) is 22.5. The maximum atomic E-state index is 12.6. The topological polar surface area (TPSA) is 51.0 Å². The molecule has 21 heavy (non-hydrogen) atoms. The lowest BCUT2D eigenvalue weighted by Crippen LogP contribution is -2.40. The molecule has 0 radical (unpaired) electrons. The Kier molecular flexibility index (Phi) is 3.25. The summed E-state index contributed by atoms with van der Waals surface area (Å²) in [6, 6.07) is 0.340. The SMILES string of the molecule is O=C(c1csc(C2CC2)n1)N1CCCC(n2ccnc2)C1. The molecule has 1 saturated carbocycles. The highest BCUT2D eigenvalue weighted by molar-refractivity contribution is 7.10. The van der Waals surface area contributed by atoms with Crippen LogP contribution in [-0.4, -0.2) is 38.4 Å². The third kappa shape index (κ3) is 2.60. The third-order valence-corrected chi connectivity index (χ3v) is 5.31. The van der Waals surface area contributed by atoms with E-state index in [1.807, 2.05) is 22.8 Å². The summed E-state index contributed by atoms with van der Waals surface area (Å²) in [5, 5.41) is 3.07. The van der Waals surface area contributed by atoms with E-state index in [1.54, 1.807) is 17.5 Å². The lowest BCUT2D eigenvalue weighted by molar-refractivity contribution is 0.0674. The number of nitrogens with zero attached hydrogens (tertiary/aromatic N) is 4. The van der Waals surface area contributed by atoms with Gasteiger partial charge in [0.15, 0.2) is 0 Å². The first-order valence-electron chi connectivity index (χ1n) is 7.53. The van der Waals surface area contributed by atoms with E-state index < -0.39 is 0 Å². The fourth-order valence-electron chi connectivity index (χ4n) is 2.93. The monoisotopic (exact) mass is 302 g/mol. The van der Waals surface area contributed by atoms with Crippen LogP contribution in [0.4, 0.5) is 0 Å². The standard InChI is InChI=1S/C15H18N4OS/c20-15(13-9-21-14(17-13)11-3-4-11)18-6-1-2-12(8-18)19-7-5-16-10-19/h5,7,9-12H,1-4,6,8H2. The van der Waals surface area contributed by atoms with E-state index in [-0.39, 0.29) is 5.91 Å². The summed E-state index contributed by atoms with van der Waals surface area (Å²) in [5.41, 5.74) is 0.633. The van der Waals surface area contributed by atoms with E-state index in [0.717, 1.165) is 30.9 Å². The molecule has 1 saturated heterocycles. The first-order valence-corrected chi connectivity index (χ1v) is 8.41. The van der Waals surface area contributed by atoms with Crippen molar-refractivity contribution in [1.29, 1.82) is 0 Å². The number of imidazole rings is 1. The van der Waals surface area contributed by atoms with Crippen molar-refractivity contribution in [3.63, 3.8) is 0 Å². The maximum Gasteiger partial charge on any atom is 0.273 e. The van der Waals surface area contributed by atoms with E-state index in [4.69, 9.17) is 0 Å². The number of piperidine rings is 1. The molecule has 1 aliphatic heterocycles. The second-order valence-electron chi connectivity index (χ2n) is 5.90. The molecule has 2 aliphatic rings. The molecular formula is C15H18N4OS. The minimum absolute atomic E-state index is 0.0861. The van der Waals surface area contributed by atoms with Gasteiger partial charge in [0.2, 0.25) is 0 Å². The van der Waals surface area contributed by atoms with E-state index >= 15 is 0 Å². The third-order valence-electron chi connectivity index (χ3n) is 4.30. The van der Waals surface area contributed by atoms with E-state index in [9.17, 15) is 4.79 Å². The molecule has 1 amide bonds. The van der Waals surface area contributed by atoms with Crippen LogP contribution in [0.5, 0.6) is 0 Å². The fraction of sp³-hybridized carbons (Fsp3) is 0.533. The molecule has 3 heterocycles. The number of aromatic nitrogens is 3. The Bertz CT molecular complexity index is 632. The number of hydrogen-bond acceptors (Lipinski definition) is 4. The second-order valence-corrected chi connectivity index (χ2v) is 6.79. The van der Waals surface area contributed by atoms with Crippen molar-refractivity contribution in [2.24, 2.45) is 0 Å². The number of hydrogen-bond donors (Lipinski definition) is 0. The summed E-state index contributed by atoms with van der Waals surface area (Å²) in [6.45, 7) is 1.59. The molecule has 2 aromatic heterocycles. The molecule has 1 atom stereocenters. The van der Waals surface area contributed by atoms with Crippen LogP contribution in [0.15, 0.2) is 24.1 Å². The first-order chi connectivity index (χ1) is 10.3. The number of likely N-dealkylation sites (tertiary alicyclic amines) is 1. The van der Waals surface area contributed by atoms with Crippen molar-refractivity contribution in [2.75, 3.05) is 13.1 Å². The minimum atomic E-state index is 0.0861. The van der Waals surface area contributed by atoms with Crippen LogP contribution in [0.1, 0.15) is 53.1 Å². The van der Waals surface area contributed by atoms with E-state index in [2.05, 4.69) is 14.5 Å². The van der Waals surface area contributed by atoms with Gasteiger partial charge in [0.25, 0.3) is 5.91 Å². The fourth-order valence-corrected chi connectivity index (χ4v) is 3.90. The first kappa shape index (κ1) is 13.0. The van der Waals surface area contributed by atoms with Gasteiger partial charge >= 0.3 is 0 Å². The highest BCUT2D eigenvalue weighted by Gasteiger charge is 2.30. The van der Waals surface area contributed by atoms with Crippen LogP contribution >= 0.6 is 11.3 Å². The molecular weight excluding hydrogens is 284 g/mol. The molecule has 4 rings (SSSR count). The van der Waals surface area contributed by atoms with Gasteiger partial charge in [0.05, 0.1) is 17.4 Å². The Hall–Kier alpha value is -1.69. The molecule has 5 nitrogen and oxygen atoms in total. The predicted octanol–water partition coefficient (Wildman–Crippen LogP) is 2.69. The Labute approximate surface area is 127 Å². The summed E-state index contributed by atoms with van der Waals surface area (Å²) in [6.07, 6.45) is 10.2. The van der Waals surface area contributed by atoms with Crippen molar-refractivity contribution in [1.82, 2.24) is 19.4 Å². The molecule has 110 valence electrons. The number of thiazole rings is 1. The van der Waals surface area contributed by atoms with Crippen molar-refractivity contribution in [3.05, 3.63) is 34.8 Å². The van der Waals surface area contributed by atoms with Gasteiger partial charge in [-0.15, -0.1) is 11.3 Å². The Balaban J connectivity index is 1.47. The van der Waals surface area contributed by atoms with Gasteiger partial charge in [-0.05, 0) is 25.7 Å². The van der Waals surface area contributed by atoms with Crippen LogP contribution in [-0.2, 0) is 0 Å². The molecule has 6 heteroatoms.